The zero-order chi connectivity index (χ0) is 14.8. The first kappa shape index (κ1) is 16.0. The van der Waals surface area contributed by atoms with Crippen LogP contribution in [0.25, 0.3) is 0 Å². The third-order valence-electron chi connectivity index (χ3n) is 4.24. The number of carboxylic acid groups (broad SMARTS) is 1. The lowest BCUT2D eigenvalue weighted by molar-refractivity contribution is -0.136. The van der Waals surface area contributed by atoms with E-state index in [1.807, 2.05) is 0 Å². The van der Waals surface area contributed by atoms with Crippen LogP contribution in [0.5, 0.6) is 0 Å². The molecule has 0 atom stereocenters. The number of hydrogen-bond acceptors (Lipinski definition) is 3. The molecule has 0 saturated carbocycles. The fourth-order valence-electron chi connectivity index (χ4n) is 3.12. The van der Waals surface area contributed by atoms with Crippen LogP contribution < -0.4 is 0 Å². The third-order valence-corrected chi connectivity index (χ3v) is 4.24. The van der Waals surface area contributed by atoms with Gasteiger partial charge in [0.15, 0.2) is 0 Å². The van der Waals surface area contributed by atoms with E-state index in [1.165, 1.54) is 0 Å². The molecule has 4 nitrogen and oxygen atoms in total. The molecule has 0 aromatic rings. The summed E-state index contributed by atoms with van der Waals surface area (Å²) in [4.78, 5) is 13.5. The van der Waals surface area contributed by atoms with Crippen molar-refractivity contribution in [1.29, 1.82) is 0 Å². The minimum absolute atomic E-state index is 0.0543. The van der Waals surface area contributed by atoms with Crippen molar-refractivity contribution in [2.24, 2.45) is 5.92 Å². The van der Waals surface area contributed by atoms with E-state index in [-0.39, 0.29) is 22.8 Å². The molecule has 0 aromatic heterocycles. The lowest BCUT2D eigenvalue weighted by Crippen LogP contribution is -2.58. The van der Waals surface area contributed by atoms with Crippen LogP contribution in [-0.4, -0.2) is 40.7 Å². The second-order valence-electron chi connectivity index (χ2n) is 6.62. The fraction of sp³-hybridized carbons (Fsp3) is 0.800. The van der Waals surface area contributed by atoms with Crippen molar-refractivity contribution < 1.29 is 14.6 Å². The van der Waals surface area contributed by atoms with Gasteiger partial charge in [-0.1, -0.05) is 0 Å². The Bertz CT molecular complexity index is 354. The summed E-state index contributed by atoms with van der Waals surface area (Å²) >= 11 is 0. The number of nitrogens with zero attached hydrogens (tertiary/aromatic N) is 1. The maximum Gasteiger partial charge on any atom is 0.370 e. The molecular formula is C15H27NO3. The van der Waals surface area contributed by atoms with Crippen molar-refractivity contribution in [1.82, 2.24) is 4.90 Å². The van der Waals surface area contributed by atoms with Gasteiger partial charge in [0.1, 0.15) is 0 Å². The van der Waals surface area contributed by atoms with Gasteiger partial charge in [0.25, 0.3) is 0 Å². The number of allylic oxidation sites excluding steroid dienone is 1. The Kier molecular flexibility index (Phi) is 4.67. The highest BCUT2D eigenvalue weighted by atomic mass is 16.5. The maximum atomic E-state index is 11.1. The normalized spacial score (nSPS) is 24.2. The standard InChI is InChI=1S/C15H27NO3/c1-7-19-12(13(17)18)8-11-9-14(2,3)16(6)15(4,5)10-11/h8,11H,7,9-10H2,1-6H3,(H,17,18). The summed E-state index contributed by atoms with van der Waals surface area (Å²) in [5.41, 5.74) is 0.109. The lowest BCUT2D eigenvalue weighted by atomic mass is 9.74. The van der Waals surface area contributed by atoms with Crippen molar-refractivity contribution in [2.45, 2.75) is 58.5 Å². The molecule has 110 valence electrons. The topological polar surface area (TPSA) is 49.8 Å². The molecule has 0 radical (unpaired) electrons. The van der Waals surface area contributed by atoms with Crippen LogP contribution in [0.3, 0.4) is 0 Å². The first-order chi connectivity index (χ1) is 8.60. The van der Waals surface area contributed by atoms with Crippen molar-refractivity contribution in [3.63, 3.8) is 0 Å². The molecule has 1 saturated heterocycles. The first-order valence-electron chi connectivity index (χ1n) is 6.92. The summed E-state index contributed by atoms with van der Waals surface area (Å²) in [7, 11) is 2.14. The summed E-state index contributed by atoms with van der Waals surface area (Å²) in [5.74, 6) is -0.654. The molecule has 19 heavy (non-hydrogen) atoms. The van der Waals surface area contributed by atoms with Crippen LogP contribution in [0.15, 0.2) is 11.8 Å². The second-order valence-corrected chi connectivity index (χ2v) is 6.62. The summed E-state index contributed by atoms with van der Waals surface area (Å²) in [6.07, 6.45) is 3.68. The molecule has 1 aliphatic heterocycles. The second kappa shape index (κ2) is 5.53. The number of aliphatic carboxylic acids is 1. The number of carbonyl (C=O) groups is 1. The largest absolute Gasteiger partial charge is 0.487 e. The molecule has 0 unspecified atom stereocenters. The molecule has 0 spiro atoms. The molecular weight excluding hydrogens is 242 g/mol. The molecule has 0 bridgehead atoms. The minimum atomic E-state index is -0.976. The Balaban J connectivity index is 2.96. The number of rotatable bonds is 4. The molecule has 1 fully saturated rings. The summed E-state index contributed by atoms with van der Waals surface area (Å²) in [6, 6.07) is 0. The zero-order valence-corrected chi connectivity index (χ0v) is 13.0. The van der Waals surface area contributed by atoms with Gasteiger partial charge in [-0.2, -0.15) is 0 Å². The monoisotopic (exact) mass is 269 g/mol. The molecule has 1 heterocycles. The van der Waals surface area contributed by atoms with Crippen LogP contribution in [0, 0.1) is 5.92 Å². The molecule has 0 amide bonds. The number of carboxylic acids is 1. The van der Waals surface area contributed by atoms with Crippen LogP contribution >= 0.6 is 0 Å². The minimum Gasteiger partial charge on any atom is -0.487 e. The highest BCUT2D eigenvalue weighted by Crippen LogP contribution is 2.40. The third kappa shape index (κ3) is 3.72. The first-order valence-corrected chi connectivity index (χ1v) is 6.92. The van der Waals surface area contributed by atoms with Crippen molar-refractivity contribution in [3.05, 3.63) is 11.8 Å². The van der Waals surface area contributed by atoms with E-state index in [9.17, 15) is 4.79 Å². The van der Waals surface area contributed by atoms with Gasteiger partial charge in [0.05, 0.1) is 6.61 Å². The van der Waals surface area contributed by atoms with Crippen LogP contribution in [0.2, 0.25) is 0 Å². The smallest absolute Gasteiger partial charge is 0.370 e. The molecule has 1 N–H and O–H groups in total. The van der Waals surface area contributed by atoms with Gasteiger partial charge in [0, 0.05) is 11.1 Å². The highest BCUT2D eigenvalue weighted by Gasteiger charge is 2.42. The predicted octanol–water partition coefficient (Wildman–Crippen LogP) is 2.89. The Morgan fingerprint density at radius 1 is 1.32 bits per heavy atom. The number of likely N-dealkylation sites (tertiary alicyclic amines) is 1. The predicted molar refractivity (Wildman–Crippen MR) is 76.0 cm³/mol. The Labute approximate surface area is 116 Å². The average molecular weight is 269 g/mol. The zero-order valence-electron chi connectivity index (χ0n) is 13.0. The van der Waals surface area contributed by atoms with E-state index < -0.39 is 5.97 Å². The van der Waals surface area contributed by atoms with Crippen LogP contribution in [-0.2, 0) is 9.53 Å². The van der Waals surface area contributed by atoms with E-state index in [1.54, 1.807) is 13.0 Å². The number of piperidine rings is 1. The summed E-state index contributed by atoms with van der Waals surface area (Å²) in [6.45, 7) is 11.0. The lowest BCUT2D eigenvalue weighted by Gasteiger charge is -2.53. The Morgan fingerprint density at radius 3 is 2.16 bits per heavy atom. The van der Waals surface area contributed by atoms with Crippen molar-refractivity contribution in [2.75, 3.05) is 13.7 Å². The van der Waals surface area contributed by atoms with Crippen LogP contribution in [0.1, 0.15) is 47.5 Å². The molecule has 1 rings (SSSR count). The van der Waals surface area contributed by atoms with E-state index >= 15 is 0 Å². The van der Waals surface area contributed by atoms with Gasteiger partial charge < -0.3 is 9.84 Å². The molecule has 0 aromatic carbocycles. The maximum absolute atomic E-state index is 11.1. The quantitative estimate of drug-likeness (QED) is 0.630. The van der Waals surface area contributed by atoms with Gasteiger partial charge in [-0.05, 0) is 66.5 Å². The Morgan fingerprint density at radius 2 is 1.79 bits per heavy atom. The average Bonchev–Trinajstić information content (AvgIpc) is 2.24. The van der Waals surface area contributed by atoms with Crippen molar-refractivity contribution >= 4 is 5.97 Å². The summed E-state index contributed by atoms with van der Waals surface area (Å²) < 4.78 is 5.22. The number of hydrogen-bond donors (Lipinski definition) is 1. The Hall–Kier alpha value is -1.03. The highest BCUT2D eigenvalue weighted by molar-refractivity contribution is 5.84. The number of ether oxygens (including phenoxy) is 1. The van der Waals surface area contributed by atoms with E-state index in [0.29, 0.717) is 6.61 Å². The molecule has 4 heteroatoms. The summed E-state index contributed by atoms with van der Waals surface area (Å²) in [5, 5.41) is 9.14. The van der Waals surface area contributed by atoms with E-state index in [0.717, 1.165) is 12.8 Å². The SMILES string of the molecule is CCOC(=CC1CC(C)(C)N(C)C(C)(C)C1)C(=O)O. The van der Waals surface area contributed by atoms with Crippen LogP contribution in [0.4, 0.5) is 0 Å². The van der Waals surface area contributed by atoms with Gasteiger partial charge in [0.2, 0.25) is 5.76 Å². The van der Waals surface area contributed by atoms with Gasteiger partial charge in [-0.25, -0.2) is 4.79 Å². The van der Waals surface area contributed by atoms with E-state index in [2.05, 4.69) is 39.6 Å². The molecule has 0 aliphatic carbocycles. The van der Waals surface area contributed by atoms with Gasteiger partial charge >= 0.3 is 5.97 Å². The van der Waals surface area contributed by atoms with Gasteiger partial charge in [-0.3, -0.25) is 4.90 Å². The fourth-order valence-corrected chi connectivity index (χ4v) is 3.12. The molecule has 1 aliphatic rings. The van der Waals surface area contributed by atoms with E-state index in [4.69, 9.17) is 9.84 Å². The van der Waals surface area contributed by atoms with Crippen molar-refractivity contribution in [3.8, 4) is 0 Å². The van der Waals surface area contributed by atoms with Gasteiger partial charge in [-0.15, -0.1) is 0 Å².